The van der Waals surface area contributed by atoms with Gasteiger partial charge in [-0.2, -0.15) is 10.5 Å². The molecular formula is C5H5KN2O. The number of nitrogens with zero attached hydrogens (tertiary/aromatic N) is 2. The quantitative estimate of drug-likeness (QED) is 0.265. The van der Waals surface area contributed by atoms with Crippen LogP contribution in [0, 0.1) is 22.7 Å². The molecule has 1 N–H and O–H groups in total. The second kappa shape index (κ2) is 8.16. The molecule has 9 heavy (non-hydrogen) atoms. The molecule has 0 aliphatic rings. The van der Waals surface area contributed by atoms with Crippen LogP contribution in [0.2, 0.25) is 0 Å². The molecule has 0 bridgehead atoms. The van der Waals surface area contributed by atoms with Crippen LogP contribution >= 0.6 is 0 Å². The average molecular weight is 148 g/mol. The van der Waals surface area contributed by atoms with E-state index >= 15 is 0 Å². The zero-order valence-corrected chi connectivity index (χ0v) is 8.25. The van der Waals surface area contributed by atoms with Gasteiger partial charge in [-0.05, 0) is 0 Å². The third kappa shape index (κ3) is 6.04. The van der Waals surface area contributed by atoms with Crippen LogP contribution in [-0.2, 0) is 0 Å². The van der Waals surface area contributed by atoms with Crippen molar-refractivity contribution in [3.8, 4) is 12.1 Å². The monoisotopic (exact) mass is 148 g/mol. The molecule has 3 nitrogen and oxygen atoms in total. The van der Waals surface area contributed by atoms with E-state index in [4.69, 9.17) is 15.6 Å². The number of hydrogen-bond acceptors (Lipinski definition) is 3. The summed E-state index contributed by atoms with van der Waals surface area (Å²) in [5, 5.41) is 24.1. The van der Waals surface area contributed by atoms with Gasteiger partial charge in [0.1, 0.15) is 0 Å². The van der Waals surface area contributed by atoms with Gasteiger partial charge in [0.15, 0.2) is 0 Å². The maximum atomic E-state index is 8.12. The van der Waals surface area contributed by atoms with Crippen LogP contribution in [0.3, 0.4) is 0 Å². The number of nitriles is 2. The zero-order valence-electron chi connectivity index (χ0n) is 6.13. The first-order valence-electron chi connectivity index (χ1n) is 1.95. The molecule has 0 spiro atoms. The van der Waals surface area contributed by atoms with Crippen LogP contribution < -0.4 is 51.4 Å². The van der Waals surface area contributed by atoms with Gasteiger partial charge in [-0.25, -0.2) is 0 Å². The summed E-state index contributed by atoms with van der Waals surface area (Å²) in [6, 6.07) is 3.36. The van der Waals surface area contributed by atoms with Gasteiger partial charge in [0.05, 0.1) is 30.4 Å². The summed E-state index contributed by atoms with van der Waals surface area (Å²) in [5.41, 5.74) is 0.0903. The van der Waals surface area contributed by atoms with E-state index in [1.165, 1.54) is 0 Å². The van der Waals surface area contributed by atoms with E-state index in [1.807, 2.05) is 0 Å². The van der Waals surface area contributed by atoms with E-state index in [2.05, 4.69) is 0 Å². The number of allylic oxidation sites excluding steroid dienone is 1. The van der Waals surface area contributed by atoms with E-state index in [0.717, 1.165) is 0 Å². The molecule has 0 aromatic carbocycles. The standard InChI is InChI=1S/C5H4N2O.K.H/c6-2-1-5(3-7)4-8;;/h4,8H,1H2;;/q;+1;-1/b5-4-;;. The molecule has 0 saturated carbocycles. The molecule has 0 aliphatic carbocycles. The van der Waals surface area contributed by atoms with Crippen molar-refractivity contribution in [2.24, 2.45) is 0 Å². The van der Waals surface area contributed by atoms with Crippen molar-refractivity contribution >= 4 is 0 Å². The molecule has 0 rings (SSSR count). The SMILES string of the molecule is N#CC/C(C#N)=C/O.[H-].[K+]. The van der Waals surface area contributed by atoms with E-state index in [9.17, 15) is 0 Å². The summed E-state index contributed by atoms with van der Waals surface area (Å²) >= 11 is 0. The summed E-state index contributed by atoms with van der Waals surface area (Å²) in [5.74, 6) is 0. The van der Waals surface area contributed by atoms with Crippen molar-refractivity contribution in [1.82, 2.24) is 0 Å². The Kier molecular flexibility index (Phi) is 10.8. The number of hydrogen-bond donors (Lipinski definition) is 1. The fourth-order valence-corrected chi connectivity index (χ4v) is 0.199. The Morgan fingerprint density at radius 3 is 2.33 bits per heavy atom. The van der Waals surface area contributed by atoms with Gasteiger partial charge < -0.3 is 6.53 Å². The molecule has 0 fully saturated rings. The van der Waals surface area contributed by atoms with Gasteiger partial charge in [-0.15, -0.1) is 0 Å². The van der Waals surface area contributed by atoms with Gasteiger partial charge in [-0.1, -0.05) is 0 Å². The summed E-state index contributed by atoms with van der Waals surface area (Å²) in [4.78, 5) is 0. The van der Waals surface area contributed by atoms with Crippen molar-refractivity contribution in [1.29, 1.82) is 10.5 Å². The largest absolute Gasteiger partial charge is 1.00 e. The summed E-state index contributed by atoms with van der Waals surface area (Å²) in [7, 11) is 0. The van der Waals surface area contributed by atoms with Gasteiger partial charge in [0.2, 0.25) is 0 Å². The molecule has 0 radical (unpaired) electrons. The predicted molar refractivity (Wildman–Crippen MR) is 27.7 cm³/mol. The topological polar surface area (TPSA) is 67.8 Å². The minimum atomic E-state index is -0.0208. The minimum Gasteiger partial charge on any atom is -1.00 e. The van der Waals surface area contributed by atoms with Crippen LogP contribution in [0.25, 0.3) is 0 Å². The van der Waals surface area contributed by atoms with E-state index in [1.54, 1.807) is 12.1 Å². The molecule has 42 valence electrons. The maximum Gasteiger partial charge on any atom is 1.00 e. The number of aliphatic hydroxyl groups excluding tert-OH is 1. The zero-order chi connectivity index (χ0) is 6.41. The normalized spacial score (nSPS) is 8.44. The van der Waals surface area contributed by atoms with Gasteiger partial charge in [0.25, 0.3) is 0 Å². The molecule has 0 aliphatic heterocycles. The van der Waals surface area contributed by atoms with Gasteiger partial charge >= 0.3 is 51.4 Å². The van der Waals surface area contributed by atoms with Crippen LogP contribution in [0.1, 0.15) is 7.85 Å². The van der Waals surface area contributed by atoms with Crippen LogP contribution in [-0.4, -0.2) is 5.11 Å². The fourth-order valence-electron chi connectivity index (χ4n) is 0.199. The first kappa shape index (κ1) is 11.9. The van der Waals surface area contributed by atoms with E-state index in [0.29, 0.717) is 6.26 Å². The van der Waals surface area contributed by atoms with Gasteiger partial charge in [0, 0.05) is 0 Å². The van der Waals surface area contributed by atoms with Crippen molar-refractivity contribution < 1.29 is 57.9 Å². The summed E-state index contributed by atoms with van der Waals surface area (Å²) < 4.78 is 0. The Balaban J connectivity index is -0.000000245. The minimum absolute atomic E-state index is 0. The average Bonchev–Trinajstić information content (AvgIpc) is 1.83. The van der Waals surface area contributed by atoms with Crippen molar-refractivity contribution in [2.45, 2.75) is 6.42 Å². The Labute approximate surface area is 97.5 Å². The molecule has 4 heteroatoms. The smallest absolute Gasteiger partial charge is 1.00 e. The Morgan fingerprint density at radius 1 is 1.67 bits per heavy atom. The first-order chi connectivity index (χ1) is 3.85. The van der Waals surface area contributed by atoms with Crippen molar-refractivity contribution in [2.75, 3.05) is 0 Å². The molecule has 0 heterocycles. The van der Waals surface area contributed by atoms with E-state index in [-0.39, 0.29) is 64.8 Å². The molecule has 0 amide bonds. The van der Waals surface area contributed by atoms with Crippen LogP contribution in [0.4, 0.5) is 0 Å². The number of rotatable bonds is 1. The molecule has 0 aromatic heterocycles. The Hall–Kier alpha value is 0.156. The van der Waals surface area contributed by atoms with Gasteiger partial charge in [-0.3, -0.25) is 0 Å². The van der Waals surface area contributed by atoms with Crippen molar-refractivity contribution in [3.05, 3.63) is 11.8 Å². The third-order valence-electron chi connectivity index (χ3n) is 0.569. The molecule has 0 unspecified atom stereocenters. The maximum absolute atomic E-state index is 8.12. The summed E-state index contributed by atoms with van der Waals surface area (Å²) in [6.45, 7) is 0. The molecule has 0 aromatic rings. The Morgan fingerprint density at radius 2 is 2.22 bits per heavy atom. The molecule has 0 saturated heterocycles. The van der Waals surface area contributed by atoms with Crippen LogP contribution in [0.15, 0.2) is 11.8 Å². The fraction of sp³-hybridized carbons (Fsp3) is 0.200. The van der Waals surface area contributed by atoms with Crippen LogP contribution in [0.5, 0.6) is 0 Å². The van der Waals surface area contributed by atoms with E-state index < -0.39 is 0 Å². The second-order valence-corrected chi connectivity index (χ2v) is 1.10. The Bertz CT molecular complexity index is 179. The first-order valence-corrected chi connectivity index (χ1v) is 1.95. The number of aliphatic hydroxyl groups is 1. The summed E-state index contributed by atoms with van der Waals surface area (Å²) in [6.07, 6.45) is 0.621. The predicted octanol–water partition coefficient (Wildman–Crippen LogP) is -2.02. The third-order valence-corrected chi connectivity index (χ3v) is 0.569. The molecule has 0 atom stereocenters. The van der Waals surface area contributed by atoms with Crippen molar-refractivity contribution in [3.63, 3.8) is 0 Å². The molecular weight excluding hydrogens is 143 g/mol. The second-order valence-electron chi connectivity index (χ2n) is 1.10.